The van der Waals surface area contributed by atoms with Crippen molar-refractivity contribution >= 4 is 17.7 Å². The van der Waals surface area contributed by atoms with Gasteiger partial charge in [0.25, 0.3) is 17.7 Å². The fourth-order valence-corrected chi connectivity index (χ4v) is 5.21. The molecule has 3 amide bonds. The minimum absolute atomic E-state index is 0.0968. The van der Waals surface area contributed by atoms with Crippen molar-refractivity contribution in [2.75, 3.05) is 26.2 Å². The minimum atomic E-state index is -1.29. The van der Waals surface area contributed by atoms with Crippen LogP contribution in [-0.4, -0.2) is 71.1 Å². The summed E-state index contributed by atoms with van der Waals surface area (Å²) in [5.41, 5.74) is 4.14. The molecule has 0 aliphatic heterocycles. The van der Waals surface area contributed by atoms with Gasteiger partial charge in [0.2, 0.25) is 0 Å². The lowest BCUT2D eigenvalue weighted by molar-refractivity contribution is 0.0446. The molecule has 10 heteroatoms. The highest BCUT2D eigenvalue weighted by Crippen LogP contribution is 2.17. The number of hydrogen-bond acceptors (Lipinski definition) is 5. The van der Waals surface area contributed by atoms with E-state index in [1.807, 2.05) is 20.8 Å². The summed E-state index contributed by atoms with van der Waals surface area (Å²) in [5.74, 6) is -0.364. The van der Waals surface area contributed by atoms with Crippen LogP contribution in [0.2, 0.25) is 0 Å². The summed E-state index contributed by atoms with van der Waals surface area (Å²) in [6.45, 7) is 7.33. The predicted molar refractivity (Wildman–Crippen MR) is 179 cm³/mol. The van der Waals surface area contributed by atoms with Crippen molar-refractivity contribution in [3.05, 3.63) is 106 Å². The van der Waals surface area contributed by atoms with Crippen LogP contribution in [0.25, 0.3) is 0 Å². The van der Waals surface area contributed by atoms with Crippen LogP contribution in [0.5, 0.6) is 0 Å². The Balaban J connectivity index is 1.92. The zero-order valence-electron chi connectivity index (χ0n) is 27.3. The summed E-state index contributed by atoms with van der Waals surface area (Å²) in [7, 11) is 0. The van der Waals surface area contributed by atoms with E-state index < -0.39 is 29.7 Å². The third kappa shape index (κ3) is 11.3. The van der Waals surface area contributed by atoms with Crippen molar-refractivity contribution in [1.29, 1.82) is 0 Å². The van der Waals surface area contributed by atoms with Crippen molar-refractivity contribution in [1.82, 2.24) is 20.7 Å². The van der Waals surface area contributed by atoms with Gasteiger partial charge in [0.1, 0.15) is 11.6 Å². The molecule has 0 fully saturated rings. The van der Waals surface area contributed by atoms with E-state index >= 15 is 0 Å². The molecule has 0 spiro atoms. The lowest BCUT2D eigenvalue weighted by Gasteiger charge is -2.30. The van der Waals surface area contributed by atoms with Gasteiger partial charge in [0, 0.05) is 54.5 Å². The third-order valence-electron chi connectivity index (χ3n) is 7.53. The van der Waals surface area contributed by atoms with Crippen LogP contribution in [-0.2, 0) is 6.42 Å². The maximum absolute atomic E-state index is 14.1. The minimum Gasteiger partial charge on any atom is -0.390 e. The largest absolute Gasteiger partial charge is 0.390 e. The average molecular weight is 647 g/mol. The van der Waals surface area contributed by atoms with Crippen molar-refractivity contribution in [2.24, 2.45) is 0 Å². The van der Waals surface area contributed by atoms with E-state index in [4.69, 9.17) is 6.42 Å². The smallest absolute Gasteiger partial charge is 0.265 e. The number of carbonyl (C=O) groups is 3. The molecule has 3 rings (SSSR count). The molecule has 3 aromatic carbocycles. The highest BCUT2D eigenvalue weighted by atomic mass is 19.1. The van der Waals surface area contributed by atoms with Gasteiger partial charge in [0.15, 0.2) is 0 Å². The van der Waals surface area contributed by atoms with Crippen LogP contribution in [0.4, 0.5) is 8.78 Å². The maximum atomic E-state index is 14.1. The Morgan fingerprint density at radius 2 is 1.47 bits per heavy atom. The number of benzene rings is 3. The molecule has 0 aromatic heterocycles. The summed E-state index contributed by atoms with van der Waals surface area (Å²) in [6.07, 6.45) is 7.30. The average Bonchev–Trinajstić information content (AvgIpc) is 3.06. The summed E-state index contributed by atoms with van der Waals surface area (Å²) in [5, 5.41) is 15.9. The second kappa shape index (κ2) is 18.5. The summed E-state index contributed by atoms with van der Waals surface area (Å²) < 4.78 is 28.3. The third-order valence-corrected chi connectivity index (χ3v) is 7.53. The van der Waals surface area contributed by atoms with Crippen LogP contribution in [0.3, 0.4) is 0 Å². The molecule has 0 bridgehead atoms. The second-order valence-corrected chi connectivity index (χ2v) is 11.5. The quantitative estimate of drug-likeness (QED) is 0.136. The normalized spacial score (nSPS) is 12.2. The van der Waals surface area contributed by atoms with Gasteiger partial charge >= 0.3 is 0 Å². The van der Waals surface area contributed by atoms with E-state index in [0.29, 0.717) is 37.2 Å². The molecule has 0 radical (unpaired) electrons. The highest BCUT2D eigenvalue weighted by Gasteiger charge is 2.27. The highest BCUT2D eigenvalue weighted by molar-refractivity contribution is 6.00. The number of amides is 3. The monoisotopic (exact) mass is 646 g/mol. The van der Waals surface area contributed by atoms with E-state index in [9.17, 15) is 28.3 Å². The molecule has 2 atom stereocenters. The van der Waals surface area contributed by atoms with E-state index in [0.717, 1.165) is 37.5 Å². The molecular weight excluding hydrogens is 602 g/mol. The molecule has 47 heavy (non-hydrogen) atoms. The molecule has 0 aliphatic rings. The number of terminal acetylenes is 1. The first kappa shape index (κ1) is 36.9. The van der Waals surface area contributed by atoms with Crippen molar-refractivity contribution < 1.29 is 28.3 Å². The molecule has 0 aliphatic carbocycles. The number of halogens is 2. The number of aliphatic hydroxyl groups excluding tert-OH is 1. The number of hydrogen-bond donors (Lipinski definition) is 3. The molecule has 3 N–H and O–H groups in total. The van der Waals surface area contributed by atoms with Crippen molar-refractivity contribution in [2.45, 2.75) is 65.0 Å². The molecule has 0 saturated carbocycles. The number of nitrogens with one attached hydrogen (secondary N) is 2. The maximum Gasteiger partial charge on any atom is 0.265 e. The summed E-state index contributed by atoms with van der Waals surface area (Å²) in [4.78, 5) is 41.7. The van der Waals surface area contributed by atoms with Gasteiger partial charge in [-0.3, -0.25) is 19.8 Å². The lowest BCUT2D eigenvalue weighted by Crippen LogP contribution is -2.53. The lowest BCUT2D eigenvalue weighted by atomic mass is 9.99. The van der Waals surface area contributed by atoms with E-state index in [1.165, 1.54) is 12.1 Å². The van der Waals surface area contributed by atoms with Crippen LogP contribution in [0.1, 0.15) is 88.7 Å². The number of unbranched alkanes of at least 4 members (excludes halogenated alkanes) is 1. The van der Waals surface area contributed by atoms with Crippen LogP contribution in [0, 0.1) is 24.0 Å². The number of rotatable bonds is 17. The number of nitrogens with zero attached hydrogens (tertiary/aromatic N) is 2. The van der Waals surface area contributed by atoms with Gasteiger partial charge in [-0.05, 0) is 73.7 Å². The van der Waals surface area contributed by atoms with E-state index in [2.05, 4.69) is 16.7 Å². The van der Waals surface area contributed by atoms with Gasteiger partial charge in [0.05, 0.1) is 12.1 Å². The zero-order valence-corrected chi connectivity index (χ0v) is 27.3. The first-order valence-electron chi connectivity index (χ1n) is 16.0. The predicted octanol–water partition coefficient (Wildman–Crippen LogP) is 5.36. The Kier molecular flexibility index (Phi) is 14.5. The van der Waals surface area contributed by atoms with Crippen molar-refractivity contribution in [3.8, 4) is 12.3 Å². The Morgan fingerprint density at radius 3 is 2.06 bits per heavy atom. The van der Waals surface area contributed by atoms with Crippen LogP contribution < -0.4 is 10.7 Å². The topological polar surface area (TPSA) is 102 Å². The summed E-state index contributed by atoms with van der Waals surface area (Å²) in [6, 6.07) is 15.0. The van der Waals surface area contributed by atoms with Crippen LogP contribution in [0.15, 0.2) is 66.7 Å². The Labute approximate surface area is 276 Å². The second-order valence-electron chi connectivity index (χ2n) is 11.5. The zero-order chi connectivity index (χ0) is 34.3. The van der Waals surface area contributed by atoms with Gasteiger partial charge in [-0.15, -0.1) is 6.42 Å². The fourth-order valence-electron chi connectivity index (χ4n) is 5.21. The Morgan fingerprint density at radius 1 is 0.830 bits per heavy atom. The molecule has 2 unspecified atom stereocenters. The molecule has 8 nitrogen and oxygen atoms in total. The van der Waals surface area contributed by atoms with Gasteiger partial charge in [-0.25, -0.2) is 13.8 Å². The van der Waals surface area contributed by atoms with Gasteiger partial charge in [-0.2, -0.15) is 0 Å². The molecule has 3 aromatic rings. The standard InChI is InChI=1S/C37H44F2N4O4/c1-5-9-17-43(41-36(46)28-13-11-10-12-14-28)25-34(44)33(22-27-20-31(38)24-32(39)21-27)40-35(45)29-18-26(8-4)19-30(23-29)37(47)42(15-6-2)16-7-3/h4,10-14,18-21,23-24,33-34,44H,5-7,9,15-17,22,25H2,1-3H3,(H,40,45)(H,41,46). The SMILES string of the molecule is C#Cc1cc(C(=O)NC(Cc2cc(F)cc(F)c2)C(O)CN(CCCC)NC(=O)c2ccccc2)cc(C(=O)N(CCC)CCC)c1. The van der Waals surface area contributed by atoms with Crippen molar-refractivity contribution in [3.63, 3.8) is 0 Å². The first-order chi connectivity index (χ1) is 22.6. The van der Waals surface area contributed by atoms with Gasteiger partial charge in [-0.1, -0.05) is 51.3 Å². The van der Waals surface area contributed by atoms with E-state index in [1.54, 1.807) is 46.3 Å². The Bertz CT molecular complexity index is 1520. The summed E-state index contributed by atoms with van der Waals surface area (Å²) >= 11 is 0. The molecule has 250 valence electrons. The molecule has 0 saturated heterocycles. The number of carbonyl (C=O) groups excluding carboxylic acids is 3. The van der Waals surface area contributed by atoms with E-state index in [-0.39, 0.29) is 41.5 Å². The fraction of sp³-hybridized carbons (Fsp3) is 0.378. The molecular formula is C37H44F2N4O4. The Hall–Kier alpha value is -4.59. The molecule has 0 heterocycles. The number of aliphatic hydroxyl groups is 1. The van der Waals surface area contributed by atoms with Gasteiger partial charge < -0.3 is 15.3 Å². The number of hydrazine groups is 1. The van der Waals surface area contributed by atoms with Crippen LogP contribution >= 0.6 is 0 Å². The first-order valence-corrected chi connectivity index (χ1v) is 16.0.